The Labute approximate surface area is 118 Å². The number of hydrogen-bond donors (Lipinski definition) is 1. The van der Waals surface area contributed by atoms with Crippen LogP contribution in [0.1, 0.15) is 45.4 Å². The van der Waals surface area contributed by atoms with E-state index in [1.807, 2.05) is 11.7 Å². The molecule has 4 nitrogen and oxygen atoms in total. The van der Waals surface area contributed by atoms with Gasteiger partial charge < -0.3 is 10.2 Å². The van der Waals surface area contributed by atoms with Crippen molar-refractivity contribution in [2.24, 2.45) is 7.05 Å². The number of aromatic nitrogens is 2. The fraction of sp³-hybridized carbons (Fsp3) is 0.800. The second kappa shape index (κ2) is 6.53. The first-order chi connectivity index (χ1) is 8.71. The van der Waals surface area contributed by atoms with Crippen LogP contribution in [0.2, 0.25) is 0 Å². The summed E-state index contributed by atoms with van der Waals surface area (Å²) >= 11 is 0. The van der Waals surface area contributed by atoms with E-state index in [0.717, 1.165) is 19.5 Å². The summed E-state index contributed by atoms with van der Waals surface area (Å²) in [5.74, 6) is 0. The van der Waals surface area contributed by atoms with Gasteiger partial charge in [0.2, 0.25) is 0 Å². The molecular weight excluding hydrogens is 236 g/mol. The fourth-order valence-electron chi connectivity index (χ4n) is 2.09. The Hall–Kier alpha value is -0.870. The van der Waals surface area contributed by atoms with E-state index in [4.69, 9.17) is 0 Å². The summed E-state index contributed by atoms with van der Waals surface area (Å²) in [7, 11) is 6.25. The van der Waals surface area contributed by atoms with Crippen molar-refractivity contribution in [1.29, 1.82) is 0 Å². The molecule has 0 spiro atoms. The lowest BCUT2D eigenvalue weighted by molar-refractivity contribution is 0.295. The molecule has 1 aromatic heterocycles. The average molecular weight is 266 g/mol. The summed E-state index contributed by atoms with van der Waals surface area (Å²) in [6, 6.07) is 0.614. The van der Waals surface area contributed by atoms with Crippen LogP contribution < -0.4 is 5.32 Å². The molecular formula is C15H30N4. The van der Waals surface area contributed by atoms with E-state index in [0.29, 0.717) is 6.04 Å². The number of hydrogen-bond acceptors (Lipinski definition) is 3. The van der Waals surface area contributed by atoms with Gasteiger partial charge in [-0.2, -0.15) is 5.10 Å². The average Bonchev–Trinajstić information content (AvgIpc) is 2.65. The first kappa shape index (κ1) is 16.2. The van der Waals surface area contributed by atoms with Gasteiger partial charge in [-0.1, -0.05) is 20.8 Å². The second-order valence-corrected chi connectivity index (χ2v) is 6.70. The van der Waals surface area contributed by atoms with Crippen LogP contribution in [0.25, 0.3) is 0 Å². The van der Waals surface area contributed by atoms with Gasteiger partial charge in [0, 0.05) is 36.8 Å². The largest absolute Gasteiger partial charge is 0.312 e. The molecule has 1 rings (SSSR count). The van der Waals surface area contributed by atoms with Crippen LogP contribution in [-0.2, 0) is 19.0 Å². The van der Waals surface area contributed by atoms with Gasteiger partial charge in [-0.05, 0) is 34.0 Å². The van der Waals surface area contributed by atoms with Crippen molar-refractivity contribution in [2.75, 3.05) is 20.6 Å². The van der Waals surface area contributed by atoms with E-state index < -0.39 is 0 Å². The molecule has 0 aliphatic carbocycles. The molecule has 0 saturated carbocycles. The molecule has 0 bridgehead atoms. The van der Waals surface area contributed by atoms with Crippen molar-refractivity contribution in [3.8, 4) is 0 Å². The van der Waals surface area contributed by atoms with Gasteiger partial charge in [0.05, 0.1) is 5.69 Å². The molecule has 19 heavy (non-hydrogen) atoms. The Bertz CT molecular complexity index is 387. The molecule has 0 aliphatic rings. The lowest BCUT2D eigenvalue weighted by Crippen LogP contribution is -2.29. The summed E-state index contributed by atoms with van der Waals surface area (Å²) in [5, 5.41) is 8.13. The van der Waals surface area contributed by atoms with Crippen LogP contribution >= 0.6 is 0 Å². The van der Waals surface area contributed by atoms with Crippen LogP contribution in [0.15, 0.2) is 6.20 Å². The molecule has 0 amide bonds. The minimum absolute atomic E-state index is 0.106. The van der Waals surface area contributed by atoms with Crippen LogP contribution in [-0.4, -0.2) is 41.4 Å². The molecule has 1 aromatic rings. The van der Waals surface area contributed by atoms with Gasteiger partial charge in [0.1, 0.15) is 0 Å². The van der Waals surface area contributed by atoms with Crippen molar-refractivity contribution in [2.45, 2.75) is 52.1 Å². The number of nitrogens with zero attached hydrogens (tertiary/aromatic N) is 3. The topological polar surface area (TPSA) is 33.1 Å². The Morgan fingerprint density at radius 2 is 2.00 bits per heavy atom. The summed E-state index contributed by atoms with van der Waals surface area (Å²) in [4.78, 5) is 2.26. The van der Waals surface area contributed by atoms with Crippen molar-refractivity contribution in [3.05, 3.63) is 17.5 Å². The number of aryl methyl sites for hydroxylation is 1. The smallest absolute Gasteiger partial charge is 0.0722 e. The molecule has 0 saturated heterocycles. The summed E-state index contributed by atoms with van der Waals surface area (Å²) < 4.78 is 1.92. The van der Waals surface area contributed by atoms with E-state index in [1.54, 1.807) is 0 Å². The quantitative estimate of drug-likeness (QED) is 0.801. The van der Waals surface area contributed by atoms with Crippen LogP contribution in [0.4, 0.5) is 0 Å². The van der Waals surface area contributed by atoms with Gasteiger partial charge in [-0.15, -0.1) is 0 Å². The SMILES string of the molecule is C[C@@H](CCNCc1cn(C)nc1C(C)(C)C)N(C)C. The van der Waals surface area contributed by atoms with E-state index in [-0.39, 0.29) is 5.41 Å². The van der Waals surface area contributed by atoms with Gasteiger partial charge in [0.25, 0.3) is 0 Å². The fourth-order valence-corrected chi connectivity index (χ4v) is 2.09. The first-order valence-electron chi connectivity index (χ1n) is 7.12. The normalized spacial score (nSPS) is 14.1. The zero-order valence-electron chi connectivity index (χ0n) is 13.6. The van der Waals surface area contributed by atoms with Crippen molar-refractivity contribution < 1.29 is 0 Å². The molecule has 1 atom stereocenters. The van der Waals surface area contributed by atoms with Gasteiger partial charge in [-0.3, -0.25) is 4.68 Å². The molecule has 0 fully saturated rings. The molecule has 0 aromatic carbocycles. The third-order valence-corrected chi connectivity index (χ3v) is 3.55. The van der Waals surface area contributed by atoms with Crippen LogP contribution in [0.5, 0.6) is 0 Å². The molecule has 0 radical (unpaired) electrons. The van der Waals surface area contributed by atoms with E-state index in [1.165, 1.54) is 11.3 Å². The maximum Gasteiger partial charge on any atom is 0.0722 e. The predicted molar refractivity (Wildman–Crippen MR) is 81.4 cm³/mol. The molecule has 1 N–H and O–H groups in total. The second-order valence-electron chi connectivity index (χ2n) is 6.70. The zero-order chi connectivity index (χ0) is 14.6. The minimum atomic E-state index is 0.106. The number of nitrogens with one attached hydrogen (secondary N) is 1. The lowest BCUT2D eigenvalue weighted by Gasteiger charge is -2.20. The maximum atomic E-state index is 4.59. The summed E-state index contributed by atoms with van der Waals surface area (Å²) in [6.45, 7) is 10.8. The predicted octanol–water partition coefficient (Wildman–Crippen LogP) is 2.15. The highest BCUT2D eigenvalue weighted by Crippen LogP contribution is 2.23. The lowest BCUT2D eigenvalue weighted by atomic mass is 9.89. The number of rotatable bonds is 6. The third kappa shape index (κ3) is 4.96. The Balaban J connectivity index is 2.50. The Morgan fingerprint density at radius 3 is 2.53 bits per heavy atom. The minimum Gasteiger partial charge on any atom is -0.312 e. The summed E-state index contributed by atoms with van der Waals surface area (Å²) in [5.41, 5.74) is 2.62. The van der Waals surface area contributed by atoms with Crippen molar-refractivity contribution in [3.63, 3.8) is 0 Å². The summed E-state index contributed by atoms with van der Waals surface area (Å²) in [6.07, 6.45) is 3.29. The van der Waals surface area contributed by atoms with E-state index >= 15 is 0 Å². The van der Waals surface area contributed by atoms with E-state index in [2.05, 4.69) is 63.3 Å². The molecule has 4 heteroatoms. The van der Waals surface area contributed by atoms with Crippen LogP contribution in [0, 0.1) is 0 Å². The molecule has 1 heterocycles. The monoisotopic (exact) mass is 266 g/mol. The van der Waals surface area contributed by atoms with Crippen molar-refractivity contribution in [1.82, 2.24) is 20.0 Å². The highest BCUT2D eigenvalue weighted by Gasteiger charge is 2.21. The van der Waals surface area contributed by atoms with E-state index in [9.17, 15) is 0 Å². The van der Waals surface area contributed by atoms with Crippen LogP contribution in [0.3, 0.4) is 0 Å². The van der Waals surface area contributed by atoms with Gasteiger partial charge in [0.15, 0.2) is 0 Å². The van der Waals surface area contributed by atoms with Crippen molar-refractivity contribution >= 4 is 0 Å². The highest BCUT2D eigenvalue weighted by atomic mass is 15.3. The maximum absolute atomic E-state index is 4.59. The van der Waals surface area contributed by atoms with Gasteiger partial charge >= 0.3 is 0 Å². The first-order valence-corrected chi connectivity index (χ1v) is 7.12. The molecule has 110 valence electrons. The Morgan fingerprint density at radius 1 is 1.37 bits per heavy atom. The Kier molecular flexibility index (Phi) is 5.56. The zero-order valence-corrected chi connectivity index (χ0v) is 13.6. The third-order valence-electron chi connectivity index (χ3n) is 3.55. The molecule has 0 aliphatic heterocycles. The molecule has 0 unspecified atom stereocenters. The standard InChI is InChI=1S/C15H30N4/c1-12(18(5)6)8-9-16-10-13-11-19(7)17-14(13)15(2,3)4/h11-12,16H,8-10H2,1-7H3/t12-/m0/s1. The van der Waals surface area contributed by atoms with Gasteiger partial charge in [-0.25, -0.2) is 0 Å². The highest BCUT2D eigenvalue weighted by molar-refractivity contribution is 5.23.